The number of halogens is 1. The second kappa shape index (κ2) is 4.73. The highest BCUT2D eigenvalue weighted by molar-refractivity contribution is 9.09. The van der Waals surface area contributed by atoms with Crippen LogP contribution in [0.4, 0.5) is 4.79 Å². The molecule has 3 fully saturated rings. The van der Waals surface area contributed by atoms with Gasteiger partial charge in [0, 0.05) is 16.9 Å². The minimum Gasteiger partial charge on any atom is -0.449 e. The Morgan fingerprint density at radius 1 is 1.40 bits per heavy atom. The Kier molecular flexibility index (Phi) is 3.54. The first-order valence-corrected chi connectivity index (χ1v) is 6.73. The summed E-state index contributed by atoms with van der Waals surface area (Å²) >= 11 is 3.62. The molecule has 0 aromatic heterocycles. The van der Waals surface area contributed by atoms with E-state index in [1.54, 1.807) is 0 Å². The number of alkyl halides is 1. The van der Waals surface area contributed by atoms with E-state index in [2.05, 4.69) is 22.9 Å². The van der Waals surface area contributed by atoms with E-state index in [0.717, 1.165) is 25.7 Å². The maximum absolute atomic E-state index is 11.7. The molecule has 2 aliphatic heterocycles. The number of hydrogen-bond acceptors (Lipinski definition) is 2. The molecule has 15 heavy (non-hydrogen) atoms. The number of hydrogen-bond donors (Lipinski definition) is 0. The smallest absolute Gasteiger partial charge is 0.410 e. The fourth-order valence-corrected chi connectivity index (χ4v) is 3.35. The topological polar surface area (TPSA) is 29.5 Å². The molecule has 2 saturated heterocycles. The van der Waals surface area contributed by atoms with E-state index in [0.29, 0.717) is 23.5 Å². The molecule has 0 aromatic carbocycles. The van der Waals surface area contributed by atoms with Crippen LogP contribution in [0, 0.1) is 0 Å². The number of nitrogens with zero attached hydrogens (tertiary/aromatic N) is 1. The SMILES string of the molecule is CCCCOC(=O)N1C2CC(Br)CC1C2. The molecule has 2 unspecified atom stereocenters. The van der Waals surface area contributed by atoms with Gasteiger partial charge in [-0.15, -0.1) is 0 Å². The summed E-state index contributed by atoms with van der Waals surface area (Å²) in [7, 11) is 0. The molecule has 0 spiro atoms. The van der Waals surface area contributed by atoms with Gasteiger partial charge in [0.2, 0.25) is 0 Å². The molecule has 2 bridgehead atoms. The summed E-state index contributed by atoms with van der Waals surface area (Å²) < 4.78 is 5.23. The Balaban J connectivity index is 1.78. The number of ether oxygens (including phenoxy) is 1. The highest BCUT2D eigenvalue weighted by Gasteiger charge is 2.47. The van der Waals surface area contributed by atoms with Crippen molar-refractivity contribution in [1.82, 2.24) is 4.90 Å². The lowest BCUT2D eigenvalue weighted by molar-refractivity contribution is -0.0212. The summed E-state index contributed by atoms with van der Waals surface area (Å²) in [6.45, 7) is 2.67. The van der Waals surface area contributed by atoms with Crippen molar-refractivity contribution in [2.75, 3.05) is 6.61 Å². The average molecular weight is 276 g/mol. The van der Waals surface area contributed by atoms with Gasteiger partial charge in [-0.3, -0.25) is 0 Å². The maximum Gasteiger partial charge on any atom is 0.410 e. The van der Waals surface area contributed by atoms with Gasteiger partial charge in [-0.05, 0) is 25.7 Å². The number of amides is 1. The highest BCUT2D eigenvalue weighted by atomic mass is 79.9. The number of carbonyl (C=O) groups excluding carboxylic acids is 1. The van der Waals surface area contributed by atoms with E-state index in [4.69, 9.17) is 4.74 Å². The Hall–Kier alpha value is -0.250. The summed E-state index contributed by atoms with van der Waals surface area (Å²) in [5, 5.41) is 0. The molecule has 2 heterocycles. The number of fused-ring (bicyclic) bond motifs is 2. The van der Waals surface area contributed by atoms with Crippen molar-refractivity contribution in [2.45, 2.75) is 55.9 Å². The standard InChI is InChI=1S/C11H18BrNO2/c1-2-3-4-15-11(14)13-9-5-8(12)6-10(13)7-9/h8-10H,2-7H2,1H3. The molecule has 2 atom stereocenters. The normalized spacial score (nSPS) is 33.5. The van der Waals surface area contributed by atoms with E-state index >= 15 is 0 Å². The van der Waals surface area contributed by atoms with Gasteiger partial charge in [0.25, 0.3) is 0 Å². The van der Waals surface area contributed by atoms with Crippen molar-refractivity contribution >= 4 is 22.0 Å². The Bertz CT molecular complexity index is 235. The average Bonchev–Trinajstić information content (AvgIpc) is 2.17. The molecule has 0 aromatic rings. The summed E-state index contributed by atoms with van der Waals surface area (Å²) in [5.41, 5.74) is 0. The van der Waals surface area contributed by atoms with Crippen molar-refractivity contribution in [3.63, 3.8) is 0 Å². The molecule has 3 rings (SSSR count). The van der Waals surface area contributed by atoms with Crippen LogP contribution in [0.25, 0.3) is 0 Å². The molecule has 0 N–H and O–H groups in total. The summed E-state index contributed by atoms with van der Waals surface area (Å²) in [4.78, 5) is 14.2. The van der Waals surface area contributed by atoms with Crippen LogP contribution < -0.4 is 0 Å². The number of rotatable bonds is 3. The third-order valence-corrected chi connectivity index (χ3v) is 4.07. The fraction of sp³-hybridized carbons (Fsp3) is 0.909. The Labute approximate surface area is 99.3 Å². The lowest BCUT2D eigenvalue weighted by Crippen LogP contribution is -2.63. The van der Waals surface area contributed by atoms with Crippen LogP contribution in [0.2, 0.25) is 0 Å². The zero-order chi connectivity index (χ0) is 10.8. The highest BCUT2D eigenvalue weighted by Crippen LogP contribution is 2.41. The van der Waals surface area contributed by atoms with E-state index in [9.17, 15) is 4.79 Å². The van der Waals surface area contributed by atoms with Gasteiger partial charge in [-0.2, -0.15) is 0 Å². The van der Waals surface area contributed by atoms with Gasteiger partial charge in [0.15, 0.2) is 0 Å². The molecule has 1 saturated carbocycles. The molecule has 3 nitrogen and oxygen atoms in total. The molecular formula is C11H18BrNO2. The van der Waals surface area contributed by atoms with Gasteiger partial charge >= 0.3 is 6.09 Å². The number of piperidine rings is 1. The zero-order valence-electron chi connectivity index (χ0n) is 9.12. The quantitative estimate of drug-likeness (QED) is 0.586. The van der Waals surface area contributed by atoms with Crippen LogP contribution in [0.1, 0.15) is 39.0 Å². The lowest BCUT2D eigenvalue weighted by Gasteiger charge is -2.53. The van der Waals surface area contributed by atoms with Crippen molar-refractivity contribution in [1.29, 1.82) is 0 Å². The van der Waals surface area contributed by atoms with Crippen LogP contribution in [0.15, 0.2) is 0 Å². The molecule has 4 heteroatoms. The minimum absolute atomic E-state index is 0.0934. The third kappa shape index (κ3) is 2.30. The minimum atomic E-state index is -0.0934. The third-order valence-electron chi connectivity index (χ3n) is 3.32. The predicted molar refractivity (Wildman–Crippen MR) is 62.2 cm³/mol. The Morgan fingerprint density at radius 2 is 2.07 bits per heavy atom. The van der Waals surface area contributed by atoms with E-state index < -0.39 is 0 Å². The first-order chi connectivity index (χ1) is 7.22. The summed E-state index contributed by atoms with van der Waals surface area (Å²) in [6, 6.07) is 0.865. The van der Waals surface area contributed by atoms with Gasteiger partial charge in [-0.1, -0.05) is 29.3 Å². The van der Waals surface area contributed by atoms with Crippen molar-refractivity contribution in [2.24, 2.45) is 0 Å². The van der Waals surface area contributed by atoms with Crippen LogP contribution in [-0.4, -0.2) is 34.5 Å². The zero-order valence-corrected chi connectivity index (χ0v) is 10.7. The first kappa shape index (κ1) is 11.2. The van der Waals surface area contributed by atoms with Gasteiger partial charge < -0.3 is 9.64 Å². The molecule has 3 aliphatic rings. The van der Waals surface area contributed by atoms with E-state index in [1.165, 1.54) is 6.42 Å². The van der Waals surface area contributed by atoms with Crippen LogP contribution in [-0.2, 0) is 4.74 Å². The van der Waals surface area contributed by atoms with E-state index in [-0.39, 0.29) is 6.09 Å². The fourth-order valence-electron chi connectivity index (χ4n) is 2.48. The lowest BCUT2D eigenvalue weighted by atomic mass is 9.80. The molecule has 86 valence electrons. The van der Waals surface area contributed by atoms with E-state index in [1.807, 2.05) is 4.90 Å². The maximum atomic E-state index is 11.7. The monoisotopic (exact) mass is 275 g/mol. The van der Waals surface area contributed by atoms with Crippen molar-refractivity contribution < 1.29 is 9.53 Å². The largest absolute Gasteiger partial charge is 0.449 e. The summed E-state index contributed by atoms with van der Waals surface area (Å²) in [6.07, 6.45) is 5.28. The second-order valence-corrected chi connectivity index (χ2v) is 5.78. The molecule has 0 radical (unpaired) electrons. The Morgan fingerprint density at radius 3 is 2.67 bits per heavy atom. The van der Waals surface area contributed by atoms with Crippen LogP contribution in [0.5, 0.6) is 0 Å². The van der Waals surface area contributed by atoms with Gasteiger partial charge in [-0.25, -0.2) is 4.79 Å². The first-order valence-electron chi connectivity index (χ1n) is 5.81. The molecular weight excluding hydrogens is 258 g/mol. The summed E-state index contributed by atoms with van der Waals surface area (Å²) in [5.74, 6) is 0. The second-order valence-electron chi connectivity index (χ2n) is 4.49. The van der Waals surface area contributed by atoms with Crippen LogP contribution >= 0.6 is 15.9 Å². The molecule has 1 aliphatic carbocycles. The van der Waals surface area contributed by atoms with Crippen molar-refractivity contribution in [3.05, 3.63) is 0 Å². The number of unbranched alkanes of at least 4 members (excludes halogenated alkanes) is 1. The van der Waals surface area contributed by atoms with Gasteiger partial charge in [0.1, 0.15) is 0 Å². The predicted octanol–water partition coefficient (Wildman–Crippen LogP) is 2.92. The van der Waals surface area contributed by atoms with Gasteiger partial charge in [0.05, 0.1) is 6.61 Å². The van der Waals surface area contributed by atoms with Crippen molar-refractivity contribution in [3.8, 4) is 0 Å². The van der Waals surface area contributed by atoms with Crippen LogP contribution in [0.3, 0.4) is 0 Å². The molecule has 1 amide bonds. The number of carbonyl (C=O) groups is 1.